The highest BCUT2D eigenvalue weighted by Gasteiger charge is 2.16. The van der Waals surface area contributed by atoms with Crippen LogP contribution in [-0.4, -0.2) is 27.7 Å². The molecule has 4 heteroatoms. The number of anilines is 1. The maximum atomic E-state index is 9.06. The first kappa shape index (κ1) is 13.3. The number of aryl methyl sites for hydroxylation is 1. The van der Waals surface area contributed by atoms with Crippen LogP contribution >= 0.6 is 0 Å². The molecule has 0 saturated heterocycles. The molecule has 100 valence electrons. The van der Waals surface area contributed by atoms with Gasteiger partial charge in [0.25, 0.3) is 0 Å². The highest BCUT2D eigenvalue weighted by Crippen LogP contribution is 2.24. The van der Waals surface area contributed by atoms with Crippen LogP contribution < -0.4 is 5.32 Å². The van der Waals surface area contributed by atoms with Crippen LogP contribution in [0.4, 0.5) is 5.82 Å². The van der Waals surface area contributed by atoms with E-state index in [1.54, 1.807) is 6.33 Å². The summed E-state index contributed by atoms with van der Waals surface area (Å²) in [5.41, 5.74) is 2.51. The molecule has 0 amide bonds. The first-order valence-corrected chi connectivity index (χ1v) is 7.05. The minimum Gasteiger partial charge on any atom is -0.396 e. The Morgan fingerprint density at radius 3 is 2.89 bits per heavy atom. The molecule has 1 aliphatic carbocycles. The topological polar surface area (TPSA) is 58.0 Å². The fraction of sp³-hybridized carbons (Fsp3) is 0.714. The van der Waals surface area contributed by atoms with Crippen LogP contribution in [0, 0.1) is 0 Å². The van der Waals surface area contributed by atoms with Gasteiger partial charge in [0.2, 0.25) is 0 Å². The lowest BCUT2D eigenvalue weighted by molar-refractivity contribution is 0.278. The summed E-state index contributed by atoms with van der Waals surface area (Å²) < 4.78 is 0. The van der Waals surface area contributed by atoms with E-state index in [0.29, 0.717) is 6.04 Å². The van der Waals surface area contributed by atoms with Crippen LogP contribution in [0.25, 0.3) is 0 Å². The molecule has 1 heterocycles. The number of hydrogen-bond acceptors (Lipinski definition) is 4. The van der Waals surface area contributed by atoms with Gasteiger partial charge in [-0.15, -0.1) is 0 Å². The Morgan fingerprint density at radius 2 is 2.11 bits per heavy atom. The van der Waals surface area contributed by atoms with Crippen molar-refractivity contribution >= 4 is 5.82 Å². The van der Waals surface area contributed by atoms with Crippen LogP contribution in [-0.2, 0) is 12.8 Å². The van der Waals surface area contributed by atoms with Crippen molar-refractivity contribution in [1.82, 2.24) is 9.97 Å². The van der Waals surface area contributed by atoms with E-state index in [1.165, 1.54) is 30.5 Å². The third-order valence-electron chi connectivity index (χ3n) is 3.69. The Kier molecular flexibility index (Phi) is 4.93. The molecular formula is C14H23N3O. The second kappa shape index (κ2) is 6.69. The van der Waals surface area contributed by atoms with E-state index in [4.69, 9.17) is 5.11 Å². The smallest absolute Gasteiger partial charge is 0.133 e. The van der Waals surface area contributed by atoms with Gasteiger partial charge in [0.1, 0.15) is 12.1 Å². The molecule has 1 atom stereocenters. The van der Waals surface area contributed by atoms with Gasteiger partial charge in [-0.2, -0.15) is 0 Å². The van der Waals surface area contributed by atoms with Gasteiger partial charge in [-0.05, 0) is 38.5 Å². The lowest BCUT2D eigenvalue weighted by atomic mass is 10.1. The number of nitrogens with one attached hydrogen (secondary N) is 1. The zero-order valence-electron chi connectivity index (χ0n) is 11.2. The van der Waals surface area contributed by atoms with Gasteiger partial charge in [-0.25, -0.2) is 9.97 Å². The SMILES string of the molecule is CCC(CCO)Nc1ncnc2c1CCCCC2. The molecule has 0 spiro atoms. The number of hydrogen-bond donors (Lipinski definition) is 2. The van der Waals surface area contributed by atoms with E-state index in [-0.39, 0.29) is 6.61 Å². The van der Waals surface area contributed by atoms with E-state index in [2.05, 4.69) is 22.2 Å². The Balaban J connectivity index is 2.17. The fourth-order valence-corrected chi connectivity index (χ4v) is 2.55. The Bertz CT molecular complexity index is 381. The number of aliphatic hydroxyl groups excluding tert-OH is 1. The van der Waals surface area contributed by atoms with Crippen molar-refractivity contribution in [2.45, 2.75) is 57.9 Å². The number of rotatable bonds is 5. The Hall–Kier alpha value is -1.16. The lowest BCUT2D eigenvalue weighted by Crippen LogP contribution is -2.22. The van der Waals surface area contributed by atoms with Crippen molar-refractivity contribution in [2.24, 2.45) is 0 Å². The molecule has 0 radical (unpaired) electrons. The van der Waals surface area contributed by atoms with E-state index in [9.17, 15) is 0 Å². The quantitative estimate of drug-likeness (QED) is 0.786. The van der Waals surface area contributed by atoms with Crippen molar-refractivity contribution in [2.75, 3.05) is 11.9 Å². The highest BCUT2D eigenvalue weighted by atomic mass is 16.3. The number of aromatic nitrogens is 2. The molecular weight excluding hydrogens is 226 g/mol. The van der Waals surface area contributed by atoms with Gasteiger partial charge in [0.05, 0.1) is 0 Å². The second-order valence-corrected chi connectivity index (χ2v) is 4.97. The molecule has 0 saturated carbocycles. The monoisotopic (exact) mass is 249 g/mol. The third-order valence-corrected chi connectivity index (χ3v) is 3.69. The van der Waals surface area contributed by atoms with Gasteiger partial charge >= 0.3 is 0 Å². The van der Waals surface area contributed by atoms with Gasteiger partial charge in [-0.1, -0.05) is 13.3 Å². The first-order chi connectivity index (χ1) is 8.85. The standard InChI is InChI=1S/C14H23N3O/c1-2-11(8-9-18)17-14-12-6-4-3-5-7-13(12)15-10-16-14/h10-11,18H,2-9H2,1H3,(H,15,16,17). The van der Waals surface area contributed by atoms with Gasteiger partial charge in [-0.3, -0.25) is 0 Å². The van der Waals surface area contributed by atoms with E-state index < -0.39 is 0 Å². The summed E-state index contributed by atoms with van der Waals surface area (Å²) in [6.45, 7) is 2.35. The van der Waals surface area contributed by atoms with Crippen LogP contribution in [0.1, 0.15) is 50.3 Å². The Labute approximate surface area is 109 Å². The van der Waals surface area contributed by atoms with Crippen LogP contribution in [0.3, 0.4) is 0 Å². The summed E-state index contributed by atoms with van der Waals surface area (Å²) in [5, 5.41) is 12.5. The number of fused-ring (bicyclic) bond motifs is 1. The summed E-state index contributed by atoms with van der Waals surface area (Å²) in [7, 11) is 0. The molecule has 18 heavy (non-hydrogen) atoms. The van der Waals surface area contributed by atoms with E-state index >= 15 is 0 Å². The molecule has 0 aliphatic heterocycles. The minimum atomic E-state index is 0.221. The average molecular weight is 249 g/mol. The lowest BCUT2D eigenvalue weighted by Gasteiger charge is -2.19. The molecule has 2 N–H and O–H groups in total. The zero-order valence-corrected chi connectivity index (χ0v) is 11.2. The van der Waals surface area contributed by atoms with Crippen molar-refractivity contribution in [3.63, 3.8) is 0 Å². The molecule has 0 bridgehead atoms. The maximum absolute atomic E-state index is 9.06. The van der Waals surface area contributed by atoms with Gasteiger partial charge in [0.15, 0.2) is 0 Å². The van der Waals surface area contributed by atoms with Crippen molar-refractivity contribution in [3.8, 4) is 0 Å². The largest absolute Gasteiger partial charge is 0.396 e. The molecule has 0 fully saturated rings. The predicted molar refractivity (Wildman–Crippen MR) is 72.7 cm³/mol. The molecule has 1 aromatic heterocycles. The van der Waals surface area contributed by atoms with Crippen LogP contribution in [0.2, 0.25) is 0 Å². The van der Waals surface area contributed by atoms with Gasteiger partial charge in [0, 0.05) is 23.9 Å². The molecule has 0 aromatic carbocycles. The summed E-state index contributed by atoms with van der Waals surface area (Å²) in [6, 6.07) is 0.303. The summed E-state index contributed by atoms with van der Waals surface area (Å²) in [4.78, 5) is 8.82. The summed E-state index contributed by atoms with van der Waals surface area (Å²) in [6.07, 6.45) is 9.33. The molecule has 1 aromatic rings. The normalized spacial score (nSPS) is 16.8. The summed E-state index contributed by atoms with van der Waals surface area (Å²) >= 11 is 0. The molecule has 2 rings (SSSR count). The maximum Gasteiger partial charge on any atom is 0.133 e. The molecule has 1 unspecified atom stereocenters. The average Bonchev–Trinajstić information content (AvgIpc) is 2.64. The number of aliphatic hydroxyl groups is 1. The van der Waals surface area contributed by atoms with Crippen LogP contribution in [0.5, 0.6) is 0 Å². The fourth-order valence-electron chi connectivity index (χ4n) is 2.55. The van der Waals surface area contributed by atoms with Crippen molar-refractivity contribution in [3.05, 3.63) is 17.6 Å². The predicted octanol–water partition coefficient (Wildman–Crippen LogP) is 2.32. The summed E-state index contributed by atoms with van der Waals surface area (Å²) in [5.74, 6) is 0.988. The first-order valence-electron chi connectivity index (χ1n) is 7.05. The minimum absolute atomic E-state index is 0.221. The third kappa shape index (κ3) is 3.19. The van der Waals surface area contributed by atoms with Crippen LogP contribution in [0.15, 0.2) is 6.33 Å². The van der Waals surface area contributed by atoms with E-state index in [0.717, 1.165) is 31.5 Å². The molecule has 1 aliphatic rings. The van der Waals surface area contributed by atoms with E-state index in [1.807, 2.05) is 0 Å². The highest BCUT2D eigenvalue weighted by molar-refractivity contribution is 5.47. The molecule has 4 nitrogen and oxygen atoms in total. The van der Waals surface area contributed by atoms with Crippen molar-refractivity contribution in [1.29, 1.82) is 0 Å². The van der Waals surface area contributed by atoms with Gasteiger partial charge < -0.3 is 10.4 Å². The Morgan fingerprint density at radius 1 is 1.28 bits per heavy atom. The second-order valence-electron chi connectivity index (χ2n) is 4.97. The number of nitrogens with zero attached hydrogens (tertiary/aromatic N) is 2. The zero-order chi connectivity index (χ0) is 12.8. The van der Waals surface area contributed by atoms with Crippen molar-refractivity contribution < 1.29 is 5.11 Å².